The zero-order valence-electron chi connectivity index (χ0n) is 40.9. The number of benzene rings is 1. The molecule has 19 heteroatoms. The summed E-state index contributed by atoms with van der Waals surface area (Å²) >= 11 is 0. The lowest BCUT2D eigenvalue weighted by Crippen LogP contribution is -2.69. The number of nitrogens with one attached hydrogen (secondary N) is 4. The number of aliphatic hydroxyl groups excluding tert-OH is 1. The van der Waals surface area contributed by atoms with Gasteiger partial charge in [-0.15, -0.1) is 0 Å². The molecule has 0 saturated heterocycles. The number of rotatable bonds is 19. The van der Waals surface area contributed by atoms with Crippen LogP contribution in [-0.4, -0.2) is 137 Å². The third-order valence-corrected chi connectivity index (χ3v) is 15.0. The van der Waals surface area contributed by atoms with Gasteiger partial charge in [0.2, 0.25) is 17.6 Å². The number of carbonyl (C=O) groups excluding carboxylic acids is 7. The van der Waals surface area contributed by atoms with E-state index >= 15 is 4.39 Å². The van der Waals surface area contributed by atoms with E-state index in [2.05, 4.69) is 21.3 Å². The van der Waals surface area contributed by atoms with Crippen LogP contribution >= 0.6 is 0 Å². The van der Waals surface area contributed by atoms with Crippen molar-refractivity contribution in [3.05, 3.63) is 53.6 Å². The monoisotopic (exact) mass is 954 g/mol. The van der Waals surface area contributed by atoms with Crippen molar-refractivity contribution in [3.63, 3.8) is 0 Å². The molecule has 1 aromatic rings. The van der Waals surface area contributed by atoms with E-state index in [9.17, 15) is 43.8 Å². The zero-order valence-corrected chi connectivity index (χ0v) is 40.9. The molecule has 0 unspecified atom stereocenters. The number of likely N-dealkylation sites (N-methyl/N-ethyl adjacent to an activating group) is 2. The summed E-state index contributed by atoms with van der Waals surface area (Å²) < 4.78 is 28.4. The number of ketones is 2. The van der Waals surface area contributed by atoms with Crippen LogP contribution in [0.1, 0.15) is 92.6 Å². The fourth-order valence-electron chi connectivity index (χ4n) is 11.1. The molecule has 0 bridgehead atoms. The van der Waals surface area contributed by atoms with Crippen LogP contribution in [0.4, 0.5) is 24.5 Å². The Kier molecular flexibility index (Phi) is 16.9. The van der Waals surface area contributed by atoms with Gasteiger partial charge < -0.3 is 56.5 Å². The standard InChI is InChI=1S/C49H72FN7O11/c1-28(2)40(53-29(3)4)42(62)55-37(11-10-20-52-43(51)63)41(61)54-33-15-12-31(13-16-33)26-67-44(64)56(8)21-22-57(9)45(65)68-27-39(60)49(66)30(5)23-36-35-17-14-32-24-34(58)18-19-46(32,6)48(35,50)38(59)25-47(36,49)7/h12-13,15-16,18-19,24,28-30,35-38,40,53,59,66H,10-11,14,17,20-23,25-27H2,1-9H3,(H,54,61)(H,55,62)(H3,51,52,63)/t30-,35+,36+,37+,38+,40+,46+,47+,48+,49+/m1/s1. The minimum atomic E-state index is -2.13. The van der Waals surface area contributed by atoms with Gasteiger partial charge in [-0.3, -0.25) is 19.2 Å². The molecule has 3 saturated carbocycles. The number of anilines is 1. The highest BCUT2D eigenvalue weighted by Crippen LogP contribution is 2.70. The molecule has 0 radical (unpaired) electrons. The fraction of sp³-hybridized carbons (Fsp3) is 0.653. The molecule has 376 valence electrons. The molecular formula is C49H72FN7O11. The van der Waals surface area contributed by atoms with Gasteiger partial charge in [-0.05, 0) is 93.1 Å². The van der Waals surface area contributed by atoms with Crippen LogP contribution in [0.5, 0.6) is 0 Å². The number of nitrogens with zero attached hydrogens (tertiary/aromatic N) is 2. The summed E-state index contributed by atoms with van der Waals surface area (Å²) in [7, 11) is 2.91. The van der Waals surface area contributed by atoms with Gasteiger partial charge >= 0.3 is 18.2 Å². The summed E-state index contributed by atoms with van der Waals surface area (Å²) in [4.78, 5) is 92.3. The topological polar surface area (TPSA) is 259 Å². The van der Waals surface area contributed by atoms with Gasteiger partial charge in [0.25, 0.3) is 0 Å². The molecule has 8 N–H and O–H groups in total. The summed E-state index contributed by atoms with van der Waals surface area (Å²) in [5, 5.41) is 35.2. The normalized spacial score (nSPS) is 29.1. The van der Waals surface area contributed by atoms with Gasteiger partial charge in [0.15, 0.2) is 18.1 Å². The number of amides is 6. The molecule has 0 aliphatic heterocycles. The average molecular weight is 954 g/mol. The summed E-state index contributed by atoms with van der Waals surface area (Å²) in [5.41, 5.74) is 0.251. The number of allylic oxidation sites excluding steroid dienone is 4. The second kappa shape index (κ2) is 21.5. The van der Waals surface area contributed by atoms with Crippen LogP contribution in [0.3, 0.4) is 0 Å². The number of ether oxygens (including phenoxy) is 2. The zero-order chi connectivity index (χ0) is 50.5. The molecule has 5 rings (SSSR count). The molecule has 1 aromatic carbocycles. The van der Waals surface area contributed by atoms with Gasteiger partial charge in [-0.25, -0.2) is 18.8 Å². The largest absolute Gasteiger partial charge is 0.445 e. The van der Waals surface area contributed by atoms with Crippen molar-refractivity contribution >= 4 is 47.3 Å². The molecule has 0 heterocycles. The van der Waals surface area contributed by atoms with E-state index < -0.39 is 94.6 Å². The first-order valence-electron chi connectivity index (χ1n) is 23.6. The minimum absolute atomic E-state index is 0.00461. The van der Waals surface area contributed by atoms with Crippen molar-refractivity contribution in [3.8, 4) is 0 Å². The molecule has 10 atom stereocenters. The molecule has 6 amide bonds. The van der Waals surface area contributed by atoms with Crippen LogP contribution in [0.25, 0.3) is 0 Å². The molecule has 0 spiro atoms. The van der Waals surface area contributed by atoms with Crippen LogP contribution < -0.4 is 27.0 Å². The smallest absolute Gasteiger partial charge is 0.409 e. The second-order valence-electron chi connectivity index (χ2n) is 20.3. The van der Waals surface area contributed by atoms with Gasteiger partial charge in [0, 0.05) is 62.2 Å². The Morgan fingerprint density at radius 1 is 0.956 bits per heavy atom. The Balaban J connectivity index is 1.09. The summed E-state index contributed by atoms with van der Waals surface area (Å²) in [6.07, 6.45) is 2.74. The first-order chi connectivity index (χ1) is 31.8. The van der Waals surface area contributed by atoms with E-state index in [0.717, 1.165) is 0 Å². The first kappa shape index (κ1) is 53.6. The van der Waals surface area contributed by atoms with Crippen molar-refractivity contribution in [1.82, 2.24) is 25.8 Å². The van der Waals surface area contributed by atoms with Crippen molar-refractivity contribution in [1.29, 1.82) is 0 Å². The predicted octanol–water partition coefficient (Wildman–Crippen LogP) is 4.13. The fourth-order valence-corrected chi connectivity index (χ4v) is 11.1. The Morgan fingerprint density at radius 3 is 2.19 bits per heavy atom. The third-order valence-electron chi connectivity index (χ3n) is 15.0. The molecule has 3 fully saturated rings. The maximum absolute atomic E-state index is 17.5. The number of hydrogen-bond acceptors (Lipinski definition) is 12. The Hall–Kier alpha value is -5.40. The SMILES string of the molecule is CC(C)N[C@H](C(=O)N[C@@H](CCCNC(N)=O)C(=O)Nc1ccc(COC(=O)N(C)CCN(C)C(=O)OCC(=O)[C@@]2(O)[C@H](C)C[C@H]3[C@@H]4CCC5=CC(=O)C=C[C@]5(C)[C@@]4(F)[C@@H](O)C[C@@]32C)cc1)C(C)C. The van der Waals surface area contributed by atoms with Crippen LogP contribution in [0.2, 0.25) is 0 Å². The number of aliphatic hydroxyl groups is 2. The van der Waals surface area contributed by atoms with Gasteiger partial charge in [0.05, 0.1) is 12.1 Å². The number of halogens is 1. The molecule has 4 aliphatic rings. The Labute approximate surface area is 398 Å². The molecule has 0 aromatic heterocycles. The maximum Gasteiger partial charge on any atom is 0.409 e. The number of carbonyl (C=O) groups is 7. The van der Waals surface area contributed by atoms with Crippen LogP contribution in [-0.2, 0) is 35.3 Å². The van der Waals surface area contributed by atoms with E-state index in [4.69, 9.17) is 15.2 Å². The van der Waals surface area contributed by atoms with Gasteiger partial charge in [-0.2, -0.15) is 0 Å². The highest BCUT2D eigenvalue weighted by Gasteiger charge is 2.75. The first-order valence-corrected chi connectivity index (χ1v) is 23.6. The molecule has 18 nitrogen and oxygen atoms in total. The number of urea groups is 1. The molecule has 4 aliphatic carbocycles. The van der Waals surface area contributed by atoms with E-state index in [1.54, 1.807) is 51.1 Å². The number of nitrogens with two attached hydrogens (primary N) is 1. The third kappa shape index (κ3) is 10.9. The van der Waals surface area contributed by atoms with Crippen LogP contribution in [0, 0.1) is 34.5 Å². The lowest BCUT2D eigenvalue weighted by atomic mass is 9.44. The number of primary amides is 1. The van der Waals surface area contributed by atoms with Crippen molar-refractivity contribution in [2.45, 2.75) is 129 Å². The number of hydrogen-bond donors (Lipinski definition) is 7. The predicted molar refractivity (Wildman–Crippen MR) is 250 cm³/mol. The van der Waals surface area contributed by atoms with E-state index in [-0.39, 0.29) is 62.7 Å². The Morgan fingerprint density at radius 2 is 1.59 bits per heavy atom. The lowest BCUT2D eigenvalue weighted by molar-refractivity contribution is -0.219. The average Bonchev–Trinajstić information content (AvgIpc) is 3.48. The highest BCUT2D eigenvalue weighted by molar-refractivity contribution is 6.01. The quantitative estimate of drug-likeness (QED) is 0.0967. The minimum Gasteiger partial charge on any atom is -0.445 e. The molecular weight excluding hydrogens is 882 g/mol. The lowest BCUT2D eigenvalue weighted by Gasteiger charge is -2.62. The summed E-state index contributed by atoms with van der Waals surface area (Å²) in [6.45, 7) is 12.2. The van der Waals surface area contributed by atoms with Gasteiger partial charge in [0.1, 0.15) is 18.2 Å². The van der Waals surface area contributed by atoms with E-state index in [1.165, 1.54) is 36.0 Å². The van der Waals surface area contributed by atoms with Crippen LogP contribution in [0.15, 0.2) is 48.1 Å². The second-order valence-corrected chi connectivity index (χ2v) is 20.3. The van der Waals surface area contributed by atoms with E-state index in [1.807, 2.05) is 27.7 Å². The summed E-state index contributed by atoms with van der Waals surface area (Å²) in [5.74, 6) is -3.62. The maximum atomic E-state index is 17.5. The van der Waals surface area contributed by atoms with Crippen molar-refractivity contribution in [2.24, 2.45) is 40.2 Å². The highest BCUT2D eigenvalue weighted by atomic mass is 19.1. The molecule has 68 heavy (non-hydrogen) atoms. The van der Waals surface area contributed by atoms with Crippen molar-refractivity contribution in [2.75, 3.05) is 45.7 Å². The van der Waals surface area contributed by atoms with E-state index in [0.29, 0.717) is 42.5 Å². The summed E-state index contributed by atoms with van der Waals surface area (Å²) in [6, 6.07) is 4.46. The number of Topliss-reactive ketones (excluding diaryl/α,β-unsaturated/α-hetero) is 1. The number of fused-ring (bicyclic) bond motifs is 5. The number of alkyl halides is 1. The van der Waals surface area contributed by atoms with Gasteiger partial charge in [-0.1, -0.05) is 65.3 Å². The van der Waals surface area contributed by atoms with Crippen molar-refractivity contribution < 1.29 is 57.6 Å². The Bertz CT molecular complexity index is 2140.